The van der Waals surface area contributed by atoms with Crippen LogP contribution in [0.25, 0.3) is 0 Å². The van der Waals surface area contributed by atoms with Gasteiger partial charge in [-0.3, -0.25) is 4.90 Å². The quantitative estimate of drug-likeness (QED) is 0.633. The zero-order valence-corrected chi connectivity index (χ0v) is 11.7. The molecule has 0 spiro atoms. The summed E-state index contributed by atoms with van der Waals surface area (Å²) in [5.41, 5.74) is 0. The first-order chi connectivity index (χ1) is 8.22. The molecule has 0 radical (unpaired) electrons. The van der Waals surface area contributed by atoms with Crippen LogP contribution in [-0.4, -0.2) is 75.4 Å². The van der Waals surface area contributed by atoms with E-state index in [1.165, 1.54) is 39.1 Å². The van der Waals surface area contributed by atoms with Gasteiger partial charge in [0.05, 0.1) is 12.7 Å². The maximum atomic E-state index is 5.59. The van der Waals surface area contributed by atoms with Crippen LogP contribution < -0.4 is 5.32 Å². The number of nitrogens with zero attached hydrogens (tertiary/aromatic N) is 2. The molecule has 0 atom stereocenters. The molecule has 1 fully saturated rings. The number of hydrogen-bond acceptors (Lipinski definition) is 4. The van der Waals surface area contributed by atoms with Crippen LogP contribution in [0.15, 0.2) is 0 Å². The summed E-state index contributed by atoms with van der Waals surface area (Å²) < 4.78 is 5.59. The van der Waals surface area contributed by atoms with E-state index in [-0.39, 0.29) is 0 Å². The Balaban J connectivity index is 2.01. The maximum absolute atomic E-state index is 5.59. The molecule has 1 aliphatic heterocycles. The molecule has 102 valence electrons. The van der Waals surface area contributed by atoms with Crippen LogP contribution in [0.1, 0.15) is 20.3 Å². The van der Waals surface area contributed by atoms with Crippen molar-refractivity contribution in [3.63, 3.8) is 0 Å². The second-order valence-electron chi connectivity index (χ2n) is 5.06. The molecule has 0 amide bonds. The first kappa shape index (κ1) is 14.9. The summed E-state index contributed by atoms with van der Waals surface area (Å²) in [5, 5.41) is 3.20. The van der Waals surface area contributed by atoms with Crippen LogP contribution in [0.4, 0.5) is 0 Å². The second kappa shape index (κ2) is 8.86. The molecule has 17 heavy (non-hydrogen) atoms. The lowest BCUT2D eigenvalue weighted by atomic mass is 10.3. The van der Waals surface area contributed by atoms with Gasteiger partial charge in [-0.15, -0.1) is 0 Å². The topological polar surface area (TPSA) is 27.7 Å². The Labute approximate surface area is 106 Å². The van der Waals surface area contributed by atoms with Crippen molar-refractivity contribution in [2.24, 2.45) is 0 Å². The van der Waals surface area contributed by atoms with Gasteiger partial charge in [0.1, 0.15) is 0 Å². The van der Waals surface area contributed by atoms with E-state index in [9.17, 15) is 0 Å². The Morgan fingerprint density at radius 3 is 2.18 bits per heavy atom. The van der Waals surface area contributed by atoms with E-state index in [2.05, 4.69) is 29.0 Å². The molecule has 0 aromatic heterocycles. The van der Waals surface area contributed by atoms with Gasteiger partial charge < -0.3 is 15.0 Å². The molecule has 0 unspecified atom stereocenters. The minimum atomic E-state index is 0.359. The molecule has 1 heterocycles. The highest BCUT2D eigenvalue weighted by Gasteiger charge is 2.15. The first-order valence-electron chi connectivity index (χ1n) is 6.93. The highest BCUT2D eigenvalue weighted by Crippen LogP contribution is 2.02. The van der Waals surface area contributed by atoms with Crippen LogP contribution in [0.5, 0.6) is 0 Å². The van der Waals surface area contributed by atoms with Crippen LogP contribution in [0, 0.1) is 0 Å². The van der Waals surface area contributed by atoms with E-state index in [1.54, 1.807) is 0 Å². The summed E-state index contributed by atoms with van der Waals surface area (Å²) in [6.07, 6.45) is 1.62. The number of nitrogens with one attached hydrogen (secondary N) is 1. The fraction of sp³-hybridized carbons (Fsp3) is 1.00. The lowest BCUT2D eigenvalue weighted by Crippen LogP contribution is -2.47. The molecule has 1 saturated heterocycles. The zero-order chi connectivity index (χ0) is 12.5. The Kier molecular flexibility index (Phi) is 7.77. The van der Waals surface area contributed by atoms with Crippen molar-refractivity contribution in [1.82, 2.24) is 15.1 Å². The second-order valence-corrected chi connectivity index (χ2v) is 5.06. The van der Waals surface area contributed by atoms with Gasteiger partial charge in [0.25, 0.3) is 0 Å². The fourth-order valence-electron chi connectivity index (χ4n) is 2.13. The van der Waals surface area contributed by atoms with Crippen LogP contribution in [-0.2, 0) is 4.74 Å². The summed E-state index contributed by atoms with van der Waals surface area (Å²) in [6.45, 7) is 13.3. The molecule has 1 N–H and O–H groups in total. The predicted octanol–water partition coefficient (Wildman–Crippen LogP) is 0.639. The fourth-order valence-corrected chi connectivity index (χ4v) is 2.13. The number of piperazine rings is 1. The summed E-state index contributed by atoms with van der Waals surface area (Å²) >= 11 is 0. The van der Waals surface area contributed by atoms with Crippen molar-refractivity contribution in [2.75, 3.05) is 59.5 Å². The maximum Gasteiger partial charge on any atom is 0.0596 e. The summed E-state index contributed by atoms with van der Waals surface area (Å²) in [7, 11) is 2.02. The van der Waals surface area contributed by atoms with Gasteiger partial charge in [-0.1, -0.05) is 0 Å². The smallest absolute Gasteiger partial charge is 0.0596 e. The SMILES string of the molecule is CNCCCN1CCN(CCOC(C)C)CC1. The van der Waals surface area contributed by atoms with E-state index in [4.69, 9.17) is 4.74 Å². The van der Waals surface area contributed by atoms with E-state index >= 15 is 0 Å². The Morgan fingerprint density at radius 2 is 1.65 bits per heavy atom. The van der Waals surface area contributed by atoms with Gasteiger partial charge in [-0.2, -0.15) is 0 Å². The van der Waals surface area contributed by atoms with Gasteiger partial charge in [0.2, 0.25) is 0 Å². The molecule has 0 aromatic carbocycles. The van der Waals surface area contributed by atoms with Gasteiger partial charge in [0.15, 0.2) is 0 Å². The van der Waals surface area contributed by atoms with E-state index in [1.807, 2.05) is 7.05 Å². The third-order valence-corrected chi connectivity index (χ3v) is 3.22. The summed E-state index contributed by atoms with van der Waals surface area (Å²) in [5.74, 6) is 0. The average Bonchev–Trinajstić information content (AvgIpc) is 2.31. The molecular weight excluding hydrogens is 214 g/mol. The molecule has 0 aliphatic carbocycles. The van der Waals surface area contributed by atoms with Crippen LogP contribution >= 0.6 is 0 Å². The monoisotopic (exact) mass is 243 g/mol. The largest absolute Gasteiger partial charge is 0.377 e. The third-order valence-electron chi connectivity index (χ3n) is 3.22. The highest BCUT2D eigenvalue weighted by molar-refractivity contribution is 4.71. The van der Waals surface area contributed by atoms with Gasteiger partial charge in [0, 0.05) is 32.7 Å². The number of ether oxygens (including phenoxy) is 1. The molecule has 1 rings (SSSR count). The Morgan fingerprint density at radius 1 is 1.06 bits per heavy atom. The molecule has 4 nitrogen and oxygen atoms in total. The standard InChI is InChI=1S/C13H29N3O/c1-13(2)17-12-11-16-9-7-15(8-10-16)6-4-5-14-3/h13-14H,4-12H2,1-3H3. The van der Waals surface area contributed by atoms with Crippen molar-refractivity contribution >= 4 is 0 Å². The lowest BCUT2D eigenvalue weighted by molar-refractivity contribution is 0.0447. The Bertz CT molecular complexity index is 180. The number of rotatable bonds is 8. The first-order valence-corrected chi connectivity index (χ1v) is 6.93. The normalized spacial score (nSPS) is 19.1. The molecule has 4 heteroatoms. The zero-order valence-electron chi connectivity index (χ0n) is 11.7. The molecular formula is C13H29N3O. The van der Waals surface area contributed by atoms with Crippen molar-refractivity contribution in [3.05, 3.63) is 0 Å². The molecule has 1 aliphatic rings. The average molecular weight is 243 g/mol. The molecule has 0 aromatic rings. The van der Waals surface area contributed by atoms with E-state index in [0.717, 1.165) is 19.7 Å². The molecule has 0 saturated carbocycles. The van der Waals surface area contributed by atoms with E-state index in [0.29, 0.717) is 6.10 Å². The summed E-state index contributed by atoms with van der Waals surface area (Å²) in [6, 6.07) is 0. The molecule has 0 bridgehead atoms. The Hall–Kier alpha value is -0.160. The minimum absolute atomic E-state index is 0.359. The van der Waals surface area contributed by atoms with E-state index < -0.39 is 0 Å². The van der Waals surface area contributed by atoms with Crippen molar-refractivity contribution in [1.29, 1.82) is 0 Å². The van der Waals surface area contributed by atoms with Crippen LogP contribution in [0.3, 0.4) is 0 Å². The number of hydrogen-bond donors (Lipinski definition) is 1. The van der Waals surface area contributed by atoms with Gasteiger partial charge in [-0.25, -0.2) is 0 Å². The van der Waals surface area contributed by atoms with Crippen molar-refractivity contribution in [3.8, 4) is 0 Å². The predicted molar refractivity (Wildman–Crippen MR) is 72.5 cm³/mol. The summed E-state index contributed by atoms with van der Waals surface area (Å²) in [4.78, 5) is 5.08. The minimum Gasteiger partial charge on any atom is -0.377 e. The van der Waals surface area contributed by atoms with Gasteiger partial charge >= 0.3 is 0 Å². The third kappa shape index (κ3) is 6.99. The lowest BCUT2D eigenvalue weighted by Gasteiger charge is -2.34. The van der Waals surface area contributed by atoms with Gasteiger partial charge in [-0.05, 0) is 40.4 Å². The van der Waals surface area contributed by atoms with Crippen molar-refractivity contribution < 1.29 is 4.74 Å². The van der Waals surface area contributed by atoms with Crippen molar-refractivity contribution in [2.45, 2.75) is 26.4 Å². The van der Waals surface area contributed by atoms with Crippen LogP contribution in [0.2, 0.25) is 0 Å². The highest BCUT2D eigenvalue weighted by atomic mass is 16.5.